The van der Waals surface area contributed by atoms with Crippen molar-refractivity contribution in [3.63, 3.8) is 0 Å². The van der Waals surface area contributed by atoms with Crippen molar-refractivity contribution in [2.24, 2.45) is 0 Å². The first-order chi connectivity index (χ1) is 8.76. The summed E-state index contributed by atoms with van der Waals surface area (Å²) in [6, 6.07) is 7.27. The van der Waals surface area contributed by atoms with Gasteiger partial charge in [-0.05, 0) is 6.07 Å². The quantitative estimate of drug-likeness (QED) is 0.600. The van der Waals surface area contributed by atoms with E-state index >= 15 is 0 Å². The van der Waals surface area contributed by atoms with Crippen molar-refractivity contribution >= 4 is 16.4 Å². The van der Waals surface area contributed by atoms with Crippen LogP contribution in [0.5, 0.6) is 0 Å². The molecule has 3 rings (SSSR count). The summed E-state index contributed by atoms with van der Waals surface area (Å²) in [7, 11) is 0. The maximum absolute atomic E-state index is 11.9. The fourth-order valence-corrected chi connectivity index (χ4v) is 2.18. The van der Waals surface area contributed by atoms with Gasteiger partial charge in [0.05, 0.1) is 29.9 Å². The molecule has 18 heavy (non-hydrogen) atoms. The van der Waals surface area contributed by atoms with Crippen LogP contribution < -0.4 is 5.69 Å². The van der Waals surface area contributed by atoms with Gasteiger partial charge in [0.1, 0.15) is 0 Å². The van der Waals surface area contributed by atoms with E-state index in [1.165, 1.54) is 4.52 Å². The smallest absolute Gasteiger partial charge is 0.347 e. The first kappa shape index (κ1) is 10.9. The van der Waals surface area contributed by atoms with E-state index < -0.39 is 5.69 Å². The van der Waals surface area contributed by atoms with E-state index in [9.17, 15) is 15.0 Å². The number of H-pyrrole nitrogens is 1. The summed E-state index contributed by atoms with van der Waals surface area (Å²) in [6.07, 6.45) is 0. The molecule has 2 aromatic heterocycles. The molecule has 3 N–H and O–H groups in total. The summed E-state index contributed by atoms with van der Waals surface area (Å²) < 4.78 is 1.18. The van der Waals surface area contributed by atoms with Crippen molar-refractivity contribution in [3.05, 3.63) is 46.0 Å². The van der Waals surface area contributed by atoms with Gasteiger partial charge >= 0.3 is 5.69 Å². The molecule has 2 heterocycles. The SMILES string of the molecule is O=c1[nH]c2ccccc2c2c(CO)c(CO)nn12. The Morgan fingerprint density at radius 2 is 2.00 bits per heavy atom. The number of hydrogen-bond donors (Lipinski definition) is 3. The highest BCUT2D eigenvalue weighted by molar-refractivity contribution is 5.95. The molecule has 0 aliphatic rings. The number of fused-ring (bicyclic) bond motifs is 3. The number of rotatable bonds is 2. The molecule has 0 unspecified atom stereocenters. The van der Waals surface area contributed by atoms with E-state index in [-0.39, 0.29) is 13.2 Å². The molecule has 6 nitrogen and oxygen atoms in total. The van der Waals surface area contributed by atoms with E-state index in [2.05, 4.69) is 10.1 Å². The Hall–Kier alpha value is -2.18. The highest BCUT2D eigenvalue weighted by Crippen LogP contribution is 2.22. The Morgan fingerprint density at radius 1 is 1.22 bits per heavy atom. The van der Waals surface area contributed by atoms with Crippen molar-refractivity contribution < 1.29 is 10.2 Å². The standard InChI is InChI=1S/C12H11N3O3/c16-5-8-10(6-17)14-15-11(8)7-3-1-2-4-9(7)13-12(15)18/h1-4,16-17H,5-6H2,(H,13,18). The summed E-state index contributed by atoms with van der Waals surface area (Å²) in [5.74, 6) is 0. The van der Waals surface area contributed by atoms with E-state index in [0.717, 1.165) is 5.39 Å². The van der Waals surface area contributed by atoms with Gasteiger partial charge in [0, 0.05) is 10.9 Å². The van der Waals surface area contributed by atoms with Gasteiger partial charge in [-0.1, -0.05) is 18.2 Å². The predicted molar refractivity (Wildman–Crippen MR) is 65.2 cm³/mol. The highest BCUT2D eigenvalue weighted by atomic mass is 16.3. The number of nitrogens with one attached hydrogen (secondary N) is 1. The van der Waals surface area contributed by atoms with Crippen molar-refractivity contribution in [1.29, 1.82) is 0 Å². The monoisotopic (exact) mass is 245 g/mol. The Kier molecular flexibility index (Phi) is 2.39. The second-order valence-electron chi connectivity index (χ2n) is 3.98. The minimum absolute atomic E-state index is 0.271. The average Bonchev–Trinajstić information content (AvgIpc) is 2.78. The lowest BCUT2D eigenvalue weighted by Gasteiger charge is -2.01. The van der Waals surface area contributed by atoms with Gasteiger partial charge in [0.25, 0.3) is 0 Å². The summed E-state index contributed by atoms with van der Waals surface area (Å²) in [6.45, 7) is -0.585. The topological polar surface area (TPSA) is 90.6 Å². The zero-order chi connectivity index (χ0) is 12.7. The summed E-state index contributed by atoms with van der Waals surface area (Å²) in [5.41, 5.74) is 1.63. The molecule has 0 radical (unpaired) electrons. The highest BCUT2D eigenvalue weighted by Gasteiger charge is 2.15. The molecular formula is C12H11N3O3. The molecule has 0 atom stereocenters. The fourth-order valence-electron chi connectivity index (χ4n) is 2.18. The van der Waals surface area contributed by atoms with Crippen LogP contribution in [0.2, 0.25) is 0 Å². The van der Waals surface area contributed by atoms with E-state index in [0.29, 0.717) is 22.3 Å². The van der Waals surface area contributed by atoms with Gasteiger partial charge in [-0.2, -0.15) is 9.61 Å². The number of hydrogen-bond acceptors (Lipinski definition) is 4. The number of para-hydroxylation sites is 1. The Balaban J connectivity index is 2.61. The molecular weight excluding hydrogens is 234 g/mol. The van der Waals surface area contributed by atoms with Crippen LogP contribution in [0.3, 0.4) is 0 Å². The van der Waals surface area contributed by atoms with Gasteiger partial charge in [0.15, 0.2) is 0 Å². The third-order valence-corrected chi connectivity index (χ3v) is 2.99. The van der Waals surface area contributed by atoms with Crippen LogP contribution in [-0.2, 0) is 13.2 Å². The van der Waals surface area contributed by atoms with Crippen LogP contribution in [0.25, 0.3) is 16.4 Å². The largest absolute Gasteiger partial charge is 0.392 e. The Labute approximate surface area is 101 Å². The van der Waals surface area contributed by atoms with Crippen molar-refractivity contribution in [2.75, 3.05) is 0 Å². The predicted octanol–water partition coefficient (Wildman–Crippen LogP) is 0.160. The molecule has 6 heteroatoms. The number of aliphatic hydroxyl groups is 2. The molecule has 0 saturated carbocycles. The first-order valence-electron chi connectivity index (χ1n) is 5.49. The van der Waals surface area contributed by atoms with E-state index in [1.807, 2.05) is 18.2 Å². The van der Waals surface area contributed by atoms with Crippen molar-refractivity contribution in [3.8, 4) is 0 Å². The molecule has 0 bridgehead atoms. The maximum atomic E-state index is 11.9. The zero-order valence-electron chi connectivity index (χ0n) is 9.42. The zero-order valence-corrected chi connectivity index (χ0v) is 9.42. The van der Waals surface area contributed by atoms with E-state index in [1.54, 1.807) is 6.07 Å². The summed E-state index contributed by atoms with van der Waals surface area (Å²) >= 11 is 0. The molecule has 0 amide bonds. The summed E-state index contributed by atoms with van der Waals surface area (Å²) in [5, 5.41) is 23.4. The lowest BCUT2D eigenvalue weighted by molar-refractivity contribution is 0.258. The van der Waals surface area contributed by atoms with Crippen LogP contribution in [0, 0.1) is 0 Å². The van der Waals surface area contributed by atoms with Crippen LogP contribution in [-0.4, -0.2) is 24.8 Å². The van der Waals surface area contributed by atoms with Crippen LogP contribution in [0.1, 0.15) is 11.3 Å². The van der Waals surface area contributed by atoms with Crippen LogP contribution >= 0.6 is 0 Å². The number of aliphatic hydroxyl groups excluding tert-OH is 2. The number of aromatic amines is 1. The van der Waals surface area contributed by atoms with Crippen molar-refractivity contribution in [2.45, 2.75) is 13.2 Å². The molecule has 0 aliphatic heterocycles. The van der Waals surface area contributed by atoms with E-state index in [4.69, 9.17) is 0 Å². The van der Waals surface area contributed by atoms with Gasteiger partial charge in [0.2, 0.25) is 0 Å². The van der Waals surface area contributed by atoms with Crippen LogP contribution in [0.4, 0.5) is 0 Å². The molecule has 0 aliphatic carbocycles. The minimum atomic E-state index is -0.391. The van der Waals surface area contributed by atoms with Gasteiger partial charge < -0.3 is 15.2 Å². The molecule has 3 aromatic rings. The normalized spacial score (nSPS) is 11.4. The first-order valence-corrected chi connectivity index (χ1v) is 5.49. The third-order valence-electron chi connectivity index (χ3n) is 2.99. The Bertz CT molecular complexity index is 788. The fraction of sp³-hybridized carbons (Fsp3) is 0.167. The van der Waals surface area contributed by atoms with Crippen molar-refractivity contribution in [1.82, 2.24) is 14.6 Å². The lowest BCUT2D eigenvalue weighted by atomic mass is 10.1. The Morgan fingerprint density at radius 3 is 2.72 bits per heavy atom. The van der Waals surface area contributed by atoms with Gasteiger partial charge in [-0.3, -0.25) is 0 Å². The summed E-state index contributed by atoms with van der Waals surface area (Å²) in [4.78, 5) is 14.6. The average molecular weight is 245 g/mol. The molecule has 1 aromatic carbocycles. The van der Waals surface area contributed by atoms with Gasteiger partial charge in [-0.15, -0.1) is 0 Å². The number of aromatic nitrogens is 3. The van der Waals surface area contributed by atoms with Gasteiger partial charge in [-0.25, -0.2) is 4.79 Å². The number of nitrogens with zero attached hydrogens (tertiary/aromatic N) is 2. The molecule has 0 saturated heterocycles. The lowest BCUT2D eigenvalue weighted by Crippen LogP contribution is -2.17. The van der Waals surface area contributed by atoms with Crippen LogP contribution in [0.15, 0.2) is 29.1 Å². The maximum Gasteiger partial charge on any atom is 0.347 e. The minimum Gasteiger partial charge on any atom is -0.392 e. The second kappa shape index (κ2) is 3.94. The third kappa shape index (κ3) is 1.36. The number of benzene rings is 1. The molecule has 0 fully saturated rings. The second-order valence-corrected chi connectivity index (χ2v) is 3.98. The molecule has 0 spiro atoms. The molecule has 92 valence electrons.